The number of primary amides is 1. The monoisotopic (exact) mass is 583 g/mol. The Morgan fingerprint density at radius 2 is 1.63 bits per heavy atom. The van der Waals surface area contributed by atoms with E-state index in [2.05, 4.69) is 21.3 Å². The standard InChI is InChI=1S/C25H45N9O7/c1-13(2)12-15(26)20(36)31-14(3)23(39)34-11-5-7-18(34)22(38)32-16(6-4-10-30-25(28)29)21(37)33-17(24(40)41)8-9-19(27)35/h13-18H,4-12,26H2,1-3H3,(H2,27,35)(H,31,36)(H,32,38)(H,33,37)(H,40,41)(H4,28,29,30)/t14-,15-,16-,17-,18-/m0/s1. The molecule has 0 bridgehead atoms. The summed E-state index contributed by atoms with van der Waals surface area (Å²) in [6, 6.07) is -5.23. The fourth-order valence-electron chi connectivity index (χ4n) is 4.43. The number of hydrogen-bond donors (Lipinski definition) is 9. The Morgan fingerprint density at radius 1 is 0.976 bits per heavy atom. The van der Waals surface area contributed by atoms with Gasteiger partial charge >= 0.3 is 5.97 Å². The van der Waals surface area contributed by atoms with Gasteiger partial charge in [0.25, 0.3) is 0 Å². The second-order valence-electron chi connectivity index (χ2n) is 10.6. The summed E-state index contributed by atoms with van der Waals surface area (Å²) in [5.41, 5.74) is 16.3. The van der Waals surface area contributed by atoms with E-state index in [1.54, 1.807) is 0 Å². The molecule has 0 aliphatic carbocycles. The highest BCUT2D eigenvalue weighted by molar-refractivity contribution is 5.95. The molecule has 0 aromatic rings. The van der Waals surface area contributed by atoms with E-state index in [4.69, 9.17) is 22.6 Å². The first kappa shape index (κ1) is 35.1. The summed E-state index contributed by atoms with van der Waals surface area (Å²) in [5.74, 6) is -4.56. The van der Waals surface area contributed by atoms with Gasteiger partial charge in [-0.3, -0.25) is 29.4 Å². The van der Waals surface area contributed by atoms with E-state index in [0.29, 0.717) is 19.3 Å². The van der Waals surface area contributed by atoms with Gasteiger partial charge in [-0.25, -0.2) is 4.79 Å². The van der Waals surface area contributed by atoms with Crippen LogP contribution in [-0.4, -0.2) is 94.8 Å². The average molecular weight is 584 g/mol. The summed E-state index contributed by atoms with van der Waals surface area (Å²) in [6.45, 7) is 5.83. The number of carbonyl (C=O) groups excluding carboxylic acids is 5. The van der Waals surface area contributed by atoms with Crippen LogP contribution in [0.25, 0.3) is 0 Å². The maximum absolute atomic E-state index is 13.3. The molecular weight excluding hydrogens is 538 g/mol. The molecule has 232 valence electrons. The van der Waals surface area contributed by atoms with Gasteiger partial charge in [0.15, 0.2) is 5.96 Å². The van der Waals surface area contributed by atoms with Crippen LogP contribution in [0.4, 0.5) is 0 Å². The summed E-state index contributed by atoms with van der Waals surface area (Å²) in [4.78, 5) is 75.9. The smallest absolute Gasteiger partial charge is 0.326 e. The van der Waals surface area contributed by atoms with Gasteiger partial charge in [0.1, 0.15) is 24.2 Å². The Kier molecular flexibility index (Phi) is 14.5. The molecule has 12 N–H and O–H groups in total. The summed E-state index contributed by atoms with van der Waals surface area (Å²) >= 11 is 0. The second-order valence-corrected chi connectivity index (χ2v) is 10.6. The molecule has 1 heterocycles. The molecule has 41 heavy (non-hydrogen) atoms. The first-order valence-electron chi connectivity index (χ1n) is 13.7. The lowest BCUT2D eigenvalue weighted by molar-refractivity contribution is -0.143. The lowest BCUT2D eigenvalue weighted by Gasteiger charge is -2.29. The van der Waals surface area contributed by atoms with Crippen LogP contribution in [0.3, 0.4) is 0 Å². The predicted molar refractivity (Wildman–Crippen MR) is 149 cm³/mol. The van der Waals surface area contributed by atoms with Crippen molar-refractivity contribution in [1.82, 2.24) is 26.2 Å². The Labute approximate surface area is 239 Å². The third kappa shape index (κ3) is 12.4. The van der Waals surface area contributed by atoms with E-state index in [-0.39, 0.29) is 50.7 Å². The number of hydrogen-bond acceptors (Lipinski definition) is 8. The quantitative estimate of drug-likeness (QED) is 0.0490. The van der Waals surface area contributed by atoms with Gasteiger partial charge in [-0.05, 0) is 51.4 Å². The van der Waals surface area contributed by atoms with Crippen molar-refractivity contribution in [1.29, 1.82) is 5.41 Å². The number of aliphatic carboxylic acids is 1. The molecular formula is C25H45N9O7. The molecule has 16 nitrogen and oxygen atoms in total. The molecule has 1 aliphatic heterocycles. The number of amides is 5. The summed E-state index contributed by atoms with van der Waals surface area (Å²) in [7, 11) is 0. The molecule has 16 heteroatoms. The molecule has 1 aliphatic rings. The van der Waals surface area contributed by atoms with E-state index < -0.39 is 65.7 Å². The number of carboxylic acid groups (broad SMARTS) is 1. The van der Waals surface area contributed by atoms with E-state index in [1.807, 2.05) is 13.8 Å². The van der Waals surface area contributed by atoms with Gasteiger partial charge in [-0.1, -0.05) is 13.8 Å². The van der Waals surface area contributed by atoms with Gasteiger partial charge in [-0.2, -0.15) is 0 Å². The molecule has 0 aromatic carbocycles. The highest BCUT2D eigenvalue weighted by Crippen LogP contribution is 2.19. The number of likely N-dealkylation sites (tertiary alicyclic amines) is 1. The lowest BCUT2D eigenvalue weighted by Crippen LogP contribution is -2.57. The molecule has 1 fully saturated rings. The third-order valence-corrected chi connectivity index (χ3v) is 6.54. The molecule has 5 amide bonds. The topological polar surface area (TPSA) is 276 Å². The van der Waals surface area contributed by atoms with Crippen molar-refractivity contribution in [3.63, 3.8) is 0 Å². The van der Waals surface area contributed by atoms with E-state index in [1.165, 1.54) is 11.8 Å². The van der Waals surface area contributed by atoms with Crippen LogP contribution in [0, 0.1) is 11.3 Å². The zero-order valence-corrected chi connectivity index (χ0v) is 23.9. The maximum Gasteiger partial charge on any atom is 0.326 e. The molecule has 0 aromatic heterocycles. The number of guanidine groups is 1. The minimum Gasteiger partial charge on any atom is -0.480 e. The Morgan fingerprint density at radius 3 is 2.20 bits per heavy atom. The fraction of sp³-hybridized carbons (Fsp3) is 0.720. The number of rotatable bonds is 17. The second kappa shape index (κ2) is 17.0. The first-order valence-corrected chi connectivity index (χ1v) is 13.7. The van der Waals surface area contributed by atoms with Crippen LogP contribution in [0.1, 0.15) is 65.7 Å². The highest BCUT2D eigenvalue weighted by Gasteiger charge is 2.38. The predicted octanol–water partition coefficient (Wildman–Crippen LogP) is -2.56. The van der Waals surface area contributed by atoms with Crippen molar-refractivity contribution in [3.05, 3.63) is 0 Å². The van der Waals surface area contributed by atoms with Crippen LogP contribution in [0.2, 0.25) is 0 Å². The van der Waals surface area contributed by atoms with E-state index >= 15 is 0 Å². The normalized spacial score (nSPS) is 17.6. The average Bonchev–Trinajstić information content (AvgIpc) is 3.36. The molecule has 1 rings (SSSR count). The van der Waals surface area contributed by atoms with Gasteiger partial charge in [-0.15, -0.1) is 0 Å². The Balaban J connectivity index is 2.96. The van der Waals surface area contributed by atoms with Gasteiger partial charge in [0, 0.05) is 19.5 Å². The molecule has 0 unspecified atom stereocenters. The molecule has 0 spiro atoms. The molecule has 1 saturated heterocycles. The molecule has 0 radical (unpaired) electrons. The molecule has 5 atom stereocenters. The van der Waals surface area contributed by atoms with Crippen molar-refractivity contribution in [2.45, 2.75) is 95.9 Å². The number of nitrogens with one attached hydrogen (secondary N) is 5. The van der Waals surface area contributed by atoms with Crippen LogP contribution < -0.4 is 38.5 Å². The van der Waals surface area contributed by atoms with Crippen molar-refractivity contribution in [2.24, 2.45) is 23.1 Å². The van der Waals surface area contributed by atoms with Gasteiger partial charge < -0.3 is 48.5 Å². The minimum absolute atomic E-state index is 0.0564. The first-order chi connectivity index (χ1) is 19.1. The number of nitrogens with two attached hydrogens (primary N) is 3. The maximum atomic E-state index is 13.3. The van der Waals surface area contributed by atoms with Crippen molar-refractivity contribution in [3.8, 4) is 0 Å². The SMILES string of the molecule is CC(C)C[C@H](N)C(=O)N[C@@H](C)C(=O)N1CCC[C@H]1C(=O)N[C@@H](CCCNC(=N)N)C(=O)N[C@@H](CCC(N)=O)C(=O)O. The van der Waals surface area contributed by atoms with E-state index in [0.717, 1.165) is 0 Å². The van der Waals surface area contributed by atoms with Crippen LogP contribution in [0.5, 0.6) is 0 Å². The lowest BCUT2D eigenvalue weighted by atomic mass is 10.0. The summed E-state index contributed by atoms with van der Waals surface area (Å²) < 4.78 is 0. The number of nitrogens with zero attached hydrogens (tertiary/aromatic N) is 1. The zero-order chi connectivity index (χ0) is 31.3. The van der Waals surface area contributed by atoms with Crippen molar-refractivity contribution in [2.75, 3.05) is 13.1 Å². The fourth-order valence-corrected chi connectivity index (χ4v) is 4.43. The van der Waals surface area contributed by atoms with Crippen molar-refractivity contribution >= 4 is 41.5 Å². The zero-order valence-electron chi connectivity index (χ0n) is 23.9. The van der Waals surface area contributed by atoms with Gasteiger partial charge in [0.2, 0.25) is 29.5 Å². The minimum atomic E-state index is -1.42. The number of carboxylic acids is 1. The highest BCUT2D eigenvalue weighted by atomic mass is 16.4. The Bertz CT molecular complexity index is 975. The summed E-state index contributed by atoms with van der Waals surface area (Å²) in [6.07, 6.45) is 1.11. The van der Waals surface area contributed by atoms with Gasteiger partial charge in [0.05, 0.1) is 6.04 Å². The summed E-state index contributed by atoms with van der Waals surface area (Å²) in [5, 5.41) is 26.8. The third-order valence-electron chi connectivity index (χ3n) is 6.54. The molecule has 0 saturated carbocycles. The Hall–Kier alpha value is -3.95. The van der Waals surface area contributed by atoms with Crippen LogP contribution in [0.15, 0.2) is 0 Å². The van der Waals surface area contributed by atoms with E-state index in [9.17, 15) is 33.9 Å². The van der Waals surface area contributed by atoms with Crippen LogP contribution >= 0.6 is 0 Å². The van der Waals surface area contributed by atoms with Crippen molar-refractivity contribution < 1.29 is 33.9 Å². The van der Waals surface area contributed by atoms with Crippen LogP contribution in [-0.2, 0) is 28.8 Å². The largest absolute Gasteiger partial charge is 0.480 e. The number of carbonyl (C=O) groups is 6.